The normalized spacial score (nSPS) is 24.6. The van der Waals surface area contributed by atoms with Gasteiger partial charge in [0, 0.05) is 26.2 Å². The highest BCUT2D eigenvalue weighted by Gasteiger charge is 2.21. The molecule has 1 aromatic rings. The fourth-order valence-corrected chi connectivity index (χ4v) is 2.70. The van der Waals surface area contributed by atoms with E-state index in [2.05, 4.69) is 55.3 Å². The molecule has 1 saturated heterocycles. The van der Waals surface area contributed by atoms with Gasteiger partial charge in [0.05, 0.1) is 12.2 Å². The molecule has 3 heteroatoms. The molecule has 1 heterocycles. The van der Waals surface area contributed by atoms with Crippen molar-refractivity contribution >= 4 is 0 Å². The first-order valence-corrected chi connectivity index (χ1v) is 7.33. The first-order valence-electron chi connectivity index (χ1n) is 7.33. The Hall–Kier alpha value is -0.900. The molecule has 2 rings (SSSR count). The zero-order valence-electron chi connectivity index (χ0n) is 12.4. The Morgan fingerprint density at radius 3 is 2.26 bits per heavy atom. The molecule has 1 fully saturated rings. The predicted molar refractivity (Wildman–Crippen MR) is 79.1 cm³/mol. The number of hydrogen-bond donors (Lipinski definition) is 1. The maximum absolute atomic E-state index is 5.77. The summed E-state index contributed by atoms with van der Waals surface area (Å²) < 4.78 is 5.77. The highest BCUT2D eigenvalue weighted by atomic mass is 16.5. The third-order valence-electron chi connectivity index (χ3n) is 3.50. The van der Waals surface area contributed by atoms with Crippen LogP contribution in [0.4, 0.5) is 0 Å². The lowest BCUT2D eigenvalue weighted by molar-refractivity contribution is -0.0704. The van der Waals surface area contributed by atoms with E-state index in [0.717, 1.165) is 32.7 Å². The minimum atomic E-state index is 0.344. The van der Waals surface area contributed by atoms with Gasteiger partial charge in [-0.25, -0.2) is 0 Å². The molecule has 0 aliphatic carbocycles. The second-order valence-electron chi connectivity index (χ2n) is 5.55. The number of hydrogen-bond acceptors (Lipinski definition) is 3. The molecule has 0 aromatic heterocycles. The van der Waals surface area contributed by atoms with Crippen LogP contribution in [-0.2, 0) is 17.8 Å². The van der Waals surface area contributed by atoms with Gasteiger partial charge in [-0.15, -0.1) is 0 Å². The molecule has 19 heavy (non-hydrogen) atoms. The molecule has 106 valence electrons. The molecule has 0 unspecified atom stereocenters. The second kappa shape index (κ2) is 7.04. The van der Waals surface area contributed by atoms with E-state index in [1.807, 2.05) is 0 Å². The summed E-state index contributed by atoms with van der Waals surface area (Å²) in [4.78, 5) is 2.48. The predicted octanol–water partition coefficient (Wildman–Crippen LogP) is 2.41. The van der Waals surface area contributed by atoms with Crippen molar-refractivity contribution in [3.05, 3.63) is 35.4 Å². The van der Waals surface area contributed by atoms with E-state index >= 15 is 0 Å². The fourth-order valence-electron chi connectivity index (χ4n) is 2.70. The highest BCUT2D eigenvalue weighted by Crippen LogP contribution is 2.14. The summed E-state index contributed by atoms with van der Waals surface area (Å²) in [5.74, 6) is 0. The van der Waals surface area contributed by atoms with Crippen LogP contribution in [0.25, 0.3) is 0 Å². The Kier molecular flexibility index (Phi) is 5.37. The molecular weight excluding hydrogens is 236 g/mol. The lowest BCUT2D eigenvalue weighted by Gasteiger charge is -2.35. The Balaban J connectivity index is 1.88. The summed E-state index contributed by atoms with van der Waals surface area (Å²) in [6.45, 7) is 11.5. The Morgan fingerprint density at radius 1 is 1.11 bits per heavy atom. The number of morpholine rings is 1. The van der Waals surface area contributed by atoms with E-state index in [1.54, 1.807) is 0 Å². The average molecular weight is 262 g/mol. The van der Waals surface area contributed by atoms with E-state index in [9.17, 15) is 0 Å². The molecule has 1 aliphatic rings. The van der Waals surface area contributed by atoms with Crippen molar-refractivity contribution in [2.24, 2.45) is 0 Å². The molecule has 0 amide bonds. The third-order valence-corrected chi connectivity index (χ3v) is 3.50. The SMILES string of the molecule is CCNCc1ccc(CN2C[C@@H](C)O[C@@H](C)C2)cc1. The number of ether oxygens (including phenoxy) is 1. The molecule has 1 N–H and O–H groups in total. The summed E-state index contributed by atoms with van der Waals surface area (Å²) in [6.07, 6.45) is 0.688. The summed E-state index contributed by atoms with van der Waals surface area (Å²) in [5.41, 5.74) is 2.75. The van der Waals surface area contributed by atoms with Gasteiger partial charge in [0.1, 0.15) is 0 Å². The van der Waals surface area contributed by atoms with Crippen LogP contribution in [0, 0.1) is 0 Å². The second-order valence-corrected chi connectivity index (χ2v) is 5.55. The van der Waals surface area contributed by atoms with Crippen LogP contribution >= 0.6 is 0 Å². The molecule has 0 bridgehead atoms. The maximum Gasteiger partial charge on any atom is 0.0678 e. The molecule has 0 spiro atoms. The van der Waals surface area contributed by atoms with Gasteiger partial charge in [-0.05, 0) is 31.5 Å². The van der Waals surface area contributed by atoms with Gasteiger partial charge in [-0.3, -0.25) is 4.90 Å². The third kappa shape index (κ3) is 4.60. The minimum absolute atomic E-state index is 0.344. The van der Waals surface area contributed by atoms with E-state index in [0.29, 0.717) is 12.2 Å². The van der Waals surface area contributed by atoms with Crippen molar-refractivity contribution in [1.82, 2.24) is 10.2 Å². The molecule has 2 atom stereocenters. The first kappa shape index (κ1) is 14.5. The quantitative estimate of drug-likeness (QED) is 0.882. The van der Waals surface area contributed by atoms with Gasteiger partial charge in [0.25, 0.3) is 0 Å². The number of nitrogens with zero attached hydrogens (tertiary/aromatic N) is 1. The van der Waals surface area contributed by atoms with Crippen LogP contribution in [-0.4, -0.2) is 36.7 Å². The first-order chi connectivity index (χ1) is 9.17. The maximum atomic E-state index is 5.77. The standard InChI is InChI=1S/C16H26N2O/c1-4-17-9-15-5-7-16(8-6-15)12-18-10-13(2)19-14(3)11-18/h5-8,13-14,17H,4,9-12H2,1-3H3/t13-,14+. The molecule has 3 nitrogen and oxygen atoms in total. The van der Waals surface area contributed by atoms with Crippen molar-refractivity contribution in [1.29, 1.82) is 0 Å². The minimum Gasteiger partial charge on any atom is -0.373 e. The Morgan fingerprint density at radius 2 is 1.68 bits per heavy atom. The number of benzene rings is 1. The molecule has 1 aliphatic heterocycles. The molecule has 0 radical (unpaired) electrons. The smallest absolute Gasteiger partial charge is 0.0678 e. The van der Waals surface area contributed by atoms with Crippen molar-refractivity contribution in [3.8, 4) is 0 Å². The van der Waals surface area contributed by atoms with Crippen LogP contribution in [0.1, 0.15) is 31.9 Å². The largest absolute Gasteiger partial charge is 0.373 e. The summed E-state index contributed by atoms with van der Waals surface area (Å²) in [7, 11) is 0. The topological polar surface area (TPSA) is 24.5 Å². The van der Waals surface area contributed by atoms with Crippen LogP contribution in [0.15, 0.2) is 24.3 Å². The summed E-state index contributed by atoms with van der Waals surface area (Å²) in [5, 5.41) is 3.35. The Bertz CT molecular complexity index is 367. The Labute approximate surface area is 116 Å². The molecule has 0 saturated carbocycles. The van der Waals surface area contributed by atoms with Gasteiger partial charge in [0.2, 0.25) is 0 Å². The summed E-state index contributed by atoms with van der Waals surface area (Å²) >= 11 is 0. The van der Waals surface area contributed by atoms with Crippen molar-refractivity contribution in [2.75, 3.05) is 19.6 Å². The monoisotopic (exact) mass is 262 g/mol. The highest BCUT2D eigenvalue weighted by molar-refractivity contribution is 5.22. The van der Waals surface area contributed by atoms with E-state index in [-0.39, 0.29) is 0 Å². The summed E-state index contributed by atoms with van der Waals surface area (Å²) in [6, 6.07) is 8.95. The van der Waals surface area contributed by atoms with Crippen LogP contribution in [0.5, 0.6) is 0 Å². The van der Waals surface area contributed by atoms with E-state index < -0.39 is 0 Å². The number of rotatable bonds is 5. The average Bonchev–Trinajstić information content (AvgIpc) is 2.37. The van der Waals surface area contributed by atoms with Crippen LogP contribution < -0.4 is 5.32 Å². The van der Waals surface area contributed by atoms with Gasteiger partial charge in [-0.1, -0.05) is 31.2 Å². The van der Waals surface area contributed by atoms with Gasteiger partial charge in [0.15, 0.2) is 0 Å². The fraction of sp³-hybridized carbons (Fsp3) is 0.625. The molecular formula is C16H26N2O. The van der Waals surface area contributed by atoms with Gasteiger partial charge < -0.3 is 10.1 Å². The van der Waals surface area contributed by atoms with Gasteiger partial charge in [-0.2, -0.15) is 0 Å². The van der Waals surface area contributed by atoms with E-state index in [1.165, 1.54) is 11.1 Å². The molecule has 1 aromatic carbocycles. The van der Waals surface area contributed by atoms with Crippen LogP contribution in [0.3, 0.4) is 0 Å². The zero-order valence-corrected chi connectivity index (χ0v) is 12.4. The van der Waals surface area contributed by atoms with Gasteiger partial charge >= 0.3 is 0 Å². The number of nitrogens with one attached hydrogen (secondary N) is 1. The van der Waals surface area contributed by atoms with Crippen LogP contribution in [0.2, 0.25) is 0 Å². The van der Waals surface area contributed by atoms with E-state index in [4.69, 9.17) is 4.74 Å². The zero-order chi connectivity index (χ0) is 13.7. The van der Waals surface area contributed by atoms with Crippen molar-refractivity contribution in [3.63, 3.8) is 0 Å². The lowest BCUT2D eigenvalue weighted by atomic mass is 10.1. The van der Waals surface area contributed by atoms with Crippen molar-refractivity contribution in [2.45, 2.75) is 46.1 Å². The lowest BCUT2D eigenvalue weighted by Crippen LogP contribution is -2.44. The van der Waals surface area contributed by atoms with Crippen molar-refractivity contribution < 1.29 is 4.74 Å².